The van der Waals surface area contributed by atoms with Crippen LogP contribution in [-0.2, 0) is 18.0 Å². The number of halogens is 4. The number of alkyl halides is 3. The molecule has 0 radical (unpaired) electrons. The Morgan fingerprint density at radius 3 is 2.52 bits per heavy atom. The van der Waals surface area contributed by atoms with Crippen LogP contribution in [0.2, 0.25) is 0 Å². The predicted molar refractivity (Wildman–Crippen MR) is 126 cm³/mol. The van der Waals surface area contributed by atoms with E-state index in [1.807, 2.05) is 18.2 Å². The lowest BCUT2D eigenvalue weighted by atomic mass is 9.84. The van der Waals surface area contributed by atoms with Crippen molar-refractivity contribution in [3.8, 4) is 11.5 Å². The highest BCUT2D eigenvalue weighted by Crippen LogP contribution is 2.35. The van der Waals surface area contributed by atoms with Crippen molar-refractivity contribution in [3.63, 3.8) is 0 Å². The van der Waals surface area contributed by atoms with Crippen molar-refractivity contribution in [1.29, 1.82) is 0 Å². The number of fused-ring (bicyclic) bond motifs is 1. The molecule has 11 heteroatoms. The Kier molecular flexibility index (Phi) is 8.81. The zero-order chi connectivity index (χ0) is 21.8. The van der Waals surface area contributed by atoms with E-state index >= 15 is 0 Å². The smallest absolute Gasteiger partial charge is 0.434 e. The van der Waals surface area contributed by atoms with Gasteiger partial charge in [-0.2, -0.15) is 13.2 Å². The summed E-state index contributed by atoms with van der Waals surface area (Å²) in [6.07, 6.45) is -4.02. The van der Waals surface area contributed by atoms with Crippen molar-refractivity contribution in [2.24, 2.45) is 4.99 Å². The zero-order valence-corrected chi connectivity index (χ0v) is 20.7. The van der Waals surface area contributed by atoms with Gasteiger partial charge in [-0.1, -0.05) is 19.9 Å². The molecule has 0 fully saturated rings. The van der Waals surface area contributed by atoms with E-state index in [-0.39, 0.29) is 29.4 Å². The molecule has 1 aliphatic heterocycles. The number of aliphatic imine (C=N–C) groups is 1. The van der Waals surface area contributed by atoms with Crippen LogP contribution >= 0.6 is 35.3 Å². The van der Waals surface area contributed by atoms with Gasteiger partial charge in [0.2, 0.25) is 0 Å². The van der Waals surface area contributed by atoms with Crippen LogP contribution in [0.4, 0.5) is 13.2 Å². The lowest BCUT2D eigenvalue weighted by molar-refractivity contribution is -0.140. The first-order valence-electron chi connectivity index (χ1n) is 9.55. The maximum atomic E-state index is 12.6. The topological polar surface area (TPSA) is 67.8 Å². The molecule has 3 rings (SSSR count). The van der Waals surface area contributed by atoms with Gasteiger partial charge >= 0.3 is 6.18 Å². The fourth-order valence-corrected chi connectivity index (χ4v) is 3.74. The minimum atomic E-state index is -4.40. The number of ether oxygens (including phenoxy) is 2. The molecule has 1 aliphatic rings. The molecule has 0 unspecified atom stereocenters. The summed E-state index contributed by atoms with van der Waals surface area (Å²) in [6, 6.07) is 5.93. The van der Waals surface area contributed by atoms with Gasteiger partial charge in [-0.25, -0.2) is 4.98 Å². The average Bonchev–Trinajstić information content (AvgIpc) is 3.19. The van der Waals surface area contributed by atoms with Gasteiger partial charge in [0.05, 0.1) is 5.01 Å². The highest BCUT2D eigenvalue weighted by Gasteiger charge is 2.33. The minimum absolute atomic E-state index is 0. The molecule has 0 amide bonds. The summed E-state index contributed by atoms with van der Waals surface area (Å²) in [5.41, 5.74) is 0.0352. The second kappa shape index (κ2) is 10.7. The Bertz CT molecular complexity index is 903. The normalized spacial score (nSPS) is 14.1. The van der Waals surface area contributed by atoms with E-state index in [1.165, 1.54) is 0 Å². The third kappa shape index (κ3) is 6.86. The summed E-state index contributed by atoms with van der Waals surface area (Å²) in [5.74, 6) is 2.08. The van der Waals surface area contributed by atoms with Crippen LogP contribution in [0.25, 0.3) is 0 Å². The molecule has 0 aliphatic carbocycles. The van der Waals surface area contributed by atoms with Crippen molar-refractivity contribution in [2.45, 2.75) is 31.9 Å². The number of guanidine groups is 1. The summed E-state index contributed by atoms with van der Waals surface area (Å²) in [4.78, 5) is 7.82. The Morgan fingerprint density at radius 2 is 1.87 bits per heavy atom. The highest BCUT2D eigenvalue weighted by molar-refractivity contribution is 14.0. The van der Waals surface area contributed by atoms with Crippen molar-refractivity contribution in [3.05, 3.63) is 39.8 Å². The van der Waals surface area contributed by atoms with Gasteiger partial charge in [-0.3, -0.25) is 4.99 Å². The molecule has 2 heterocycles. The molecule has 0 saturated carbocycles. The summed E-state index contributed by atoms with van der Waals surface area (Å²) in [7, 11) is 1.65. The van der Waals surface area contributed by atoms with Gasteiger partial charge in [0.15, 0.2) is 23.2 Å². The van der Waals surface area contributed by atoms with Crippen molar-refractivity contribution >= 4 is 41.3 Å². The van der Waals surface area contributed by atoms with Crippen LogP contribution in [-0.4, -0.2) is 44.3 Å². The van der Waals surface area contributed by atoms with Crippen molar-refractivity contribution in [2.75, 3.05) is 33.4 Å². The number of nitrogens with zero attached hydrogens (tertiary/aromatic N) is 2. The van der Waals surface area contributed by atoms with E-state index in [2.05, 4.69) is 34.5 Å². The minimum Gasteiger partial charge on any atom is -0.486 e. The molecule has 172 valence electrons. The molecule has 0 spiro atoms. The number of hydrogen-bond acceptors (Lipinski definition) is 5. The fraction of sp³-hybridized carbons (Fsp3) is 0.500. The number of nitrogens with one attached hydrogen (secondary N) is 2. The van der Waals surface area contributed by atoms with Gasteiger partial charge < -0.3 is 20.1 Å². The number of benzene rings is 1. The fourth-order valence-electron chi connectivity index (χ4n) is 2.94. The van der Waals surface area contributed by atoms with Crippen LogP contribution in [0.3, 0.4) is 0 Å². The molecule has 0 atom stereocenters. The summed E-state index contributed by atoms with van der Waals surface area (Å²) in [5, 5.41) is 7.87. The Balaban J connectivity index is 0.00000341. The molecule has 0 bridgehead atoms. The maximum absolute atomic E-state index is 12.6. The molecule has 1 aromatic heterocycles. The first-order valence-corrected chi connectivity index (χ1v) is 10.4. The molecule has 0 saturated heterocycles. The Labute approximate surface area is 200 Å². The van der Waals surface area contributed by atoms with Crippen LogP contribution in [0, 0.1) is 0 Å². The predicted octanol–water partition coefficient (Wildman–Crippen LogP) is 4.24. The SMILES string of the molecule is CN=C(NCCc1nc(C(F)(F)F)cs1)NCC(C)(C)c1ccc2c(c1)OCCO2.I. The number of rotatable bonds is 6. The lowest BCUT2D eigenvalue weighted by Gasteiger charge is -2.28. The Morgan fingerprint density at radius 1 is 1.16 bits per heavy atom. The van der Waals surface area contributed by atoms with Crippen molar-refractivity contribution < 1.29 is 22.6 Å². The second-order valence-corrected chi connectivity index (χ2v) is 8.41. The Hall–Kier alpha value is -1.76. The van der Waals surface area contributed by atoms with E-state index in [0.29, 0.717) is 43.7 Å². The van der Waals surface area contributed by atoms with Crippen LogP contribution in [0.1, 0.15) is 30.1 Å². The van der Waals surface area contributed by atoms with Crippen LogP contribution in [0.15, 0.2) is 28.6 Å². The van der Waals surface area contributed by atoms with Gasteiger partial charge in [-0.15, -0.1) is 35.3 Å². The summed E-state index contributed by atoms with van der Waals surface area (Å²) in [6.45, 7) is 6.32. The van der Waals surface area contributed by atoms with Crippen LogP contribution < -0.4 is 20.1 Å². The average molecular weight is 570 g/mol. The van der Waals surface area contributed by atoms with Gasteiger partial charge in [0.1, 0.15) is 13.2 Å². The number of thiazole rings is 1. The van der Waals surface area contributed by atoms with Gasteiger partial charge in [-0.05, 0) is 17.7 Å². The molecular formula is C20H26F3IN4O2S. The zero-order valence-electron chi connectivity index (χ0n) is 17.5. The first kappa shape index (κ1) is 25.5. The molecule has 6 nitrogen and oxygen atoms in total. The molecular weight excluding hydrogens is 544 g/mol. The van der Waals surface area contributed by atoms with Crippen LogP contribution in [0.5, 0.6) is 11.5 Å². The van der Waals surface area contributed by atoms with E-state index in [1.54, 1.807) is 7.05 Å². The van der Waals surface area contributed by atoms with E-state index in [9.17, 15) is 13.2 Å². The standard InChI is InChI=1S/C20H25F3N4O2S.HI/c1-19(2,13-4-5-14-15(10-13)29-9-8-28-14)12-26-18(24-3)25-7-6-17-27-16(11-30-17)20(21,22)23;/h4-5,10-11H,6-9,12H2,1-3H3,(H2,24,25,26);1H. The highest BCUT2D eigenvalue weighted by atomic mass is 127. The molecule has 2 N–H and O–H groups in total. The third-order valence-electron chi connectivity index (χ3n) is 4.72. The number of aromatic nitrogens is 1. The molecule has 2 aromatic rings. The van der Waals surface area contributed by atoms with Gasteiger partial charge in [0.25, 0.3) is 0 Å². The molecule has 1 aromatic carbocycles. The first-order chi connectivity index (χ1) is 14.2. The second-order valence-electron chi connectivity index (χ2n) is 7.47. The third-order valence-corrected chi connectivity index (χ3v) is 5.63. The van der Waals surface area contributed by atoms with E-state index in [4.69, 9.17) is 9.47 Å². The van der Waals surface area contributed by atoms with Gasteiger partial charge in [0, 0.05) is 37.4 Å². The summed E-state index contributed by atoms with van der Waals surface area (Å²) < 4.78 is 49.1. The largest absolute Gasteiger partial charge is 0.486 e. The number of hydrogen-bond donors (Lipinski definition) is 2. The van der Waals surface area contributed by atoms with E-state index < -0.39 is 11.9 Å². The molecule has 31 heavy (non-hydrogen) atoms. The monoisotopic (exact) mass is 570 g/mol. The van der Waals surface area contributed by atoms with Crippen molar-refractivity contribution in [1.82, 2.24) is 15.6 Å². The summed E-state index contributed by atoms with van der Waals surface area (Å²) >= 11 is 1.01. The quantitative estimate of drug-likeness (QED) is 0.309. The van der Waals surface area contributed by atoms with E-state index in [0.717, 1.165) is 33.8 Å². The maximum Gasteiger partial charge on any atom is 0.434 e. The lowest BCUT2D eigenvalue weighted by Crippen LogP contribution is -2.44.